The smallest absolute Gasteiger partial charge is 0.243 e. The standard InChI is InChI=1S/C20H26N2O2S/c1-18(12-13-19-8-4-2-5-9-19)21-14-16-22(17-15-21)25(23,24)20-10-6-3-7-11-20/h2-11,18H,12-17H2,1H3/p+1/t18-/m0/s1. The van der Waals surface area contributed by atoms with E-state index in [1.165, 1.54) is 10.5 Å². The Kier molecular flexibility index (Phi) is 5.89. The second-order valence-electron chi connectivity index (χ2n) is 6.80. The summed E-state index contributed by atoms with van der Waals surface area (Å²) in [6.07, 6.45) is 2.21. The number of piperazine rings is 1. The molecule has 1 saturated heterocycles. The van der Waals surface area contributed by atoms with Crippen LogP contribution in [0, 0.1) is 0 Å². The summed E-state index contributed by atoms with van der Waals surface area (Å²) in [5.74, 6) is 0. The molecule has 1 aliphatic heterocycles. The molecule has 25 heavy (non-hydrogen) atoms. The van der Waals surface area contributed by atoms with E-state index >= 15 is 0 Å². The molecular weight excluding hydrogens is 332 g/mol. The summed E-state index contributed by atoms with van der Waals surface area (Å²) < 4.78 is 27.0. The van der Waals surface area contributed by atoms with E-state index in [2.05, 4.69) is 31.2 Å². The summed E-state index contributed by atoms with van der Waals surface area (Å²) in [7, 11) is -3.35. The summed E-state index contributed by atoms with van der Waals surface area (Å²) in [5, 5.41) is 0. The number of sulfonamides is 1. The highest BCUT2D eigenvalue weighted by atomic mass is 32.2. The molecule has 4 nitrogen and oxygen atoms in total. The Morgan fingerprint density at radius 2 is 1.52 bits per heavy atom. The van der Waals surface area contributed by atoms with Crippen LogP contribution in [0.15, 0.2) is 65.6 Å². The monoisotopic (exact) mass is 359 g/mol. The predicted octanol–water partition coefficient (Wildman–Crippen LogP) is 1.60. The predicted molar refractivity (Wildman–Crippen MR) is 100 cm³/mol. The number of benzene rings is 2. The number of aryl methyl sites for hydroxylation is 1. The third-order valence-corrected chi connectivity index (χ3v) is 7.06. The van der Waals surface area contributed by atoms with E-state index in [1.807, 2.05) is 12.1 Å². The Morgan fingerprint density at radius 3 is 2.12 bits per heavy atom. The third-order valence-electron chi connectivity index (χ3n) is 5.15. The van der Waals surface area contributed by atoms with Gasteiger partial charge in [0.25, 0.3) is 0 Å². The number of quaternary nitrogens is 1. The Morgan fingerprint density at radius 1 is 0.960 bits per heavy atom. The number of rotatable bonds is 6. The largest absolute Gasteiger partial charge is 0.331 e. The van der Waals surface area contributed by atoms with Crippen LogP contribution in [-0.2, 0) is 16.4 Å². The second kappa shape index (κ2) is 8.13. The number of nitrogens with zero attached hydrogens (tertiary/aromatic N) is 1. The first-order chi connectivity index (χ1) is 12.1. The average Bonchev–Trinajstić information content (AvgIpc) is 2.68. The fourth-order valence-corrected chi connectivity index (χ4v) is 4.94. The topological polar surface area (TPSA) is 41.8 Å². The Bertz CT molecular complexity index is 755. The molecule has 0 spiro atoms. The minimum atomic E-state index is -3.35. The number of hydrogen-bond acceptors (Lipinski definition) is 2. The van der Waals surface area contributed by atoms with Crippen LogP contribution in [0.25, 0.3) is 0 Å². The molecular formula is C20H27N2O2S+. The second-order valence-corrected chi connectivity index (χ2v) is 8.74. The van der Waals surface area contributed by atoms with Crippen molar-refractivity contribution < 1.29 is 13.3 Å². The molecule has 1 aliphatic rings. The van der Waals surface area contributed by atoms with Gasteiger partial charge in [-0.05, 0) is 31.0 Å². The van der Waals surface area contributed by atoms with Gasteiger partial charge in [0.15, 0.2) is 0 Å². The first kappa shape index (κ1) is 18.1. The summed E-state index contributed by atoms with van der Waals surface area (Å²) in [5.41, 5.74) is 1.37. The van der Waals surface area contributed by atoms with Gasteiger partial charge in [0.05, 0.1) is 37.1 Å². The SMILES string of the molecule is C[C@@H](CCc1ccccc1)[NH+]1CCN(S(=O)(=O)c2ccccc2)CC1. The lowest BCUT2D eigenvalue weighted by Gasteiger charge is -2.34. The van der Waals surface area contributed by atoms with Gasteiger partial charge in [-0.2, -0.15) is 4.31 Å². The van der Waals surface area contributed by atoms with Crippen molar-refractivity contribution in [3.05, 3.63) is 66.2 Å². The zero-order valence-electron chi connectivity index (χ0n) is 14.8. The molecule has 0 amide bonds. The summed E-state index contributed by atoms with van der Waals surface area (Å²) in [6.45, 7) is 5.23. The van der Waals surface area contributed by atoms with Crippen LogP contribution >= 0.6 is 0 Å². The normalized spacial score (nSPS) is 18.1. The third kappa shape index (κ3) is 4.48. The first-order valence-electron chi connectivity index (χ1n) is 9.01. The number of nitrogens with one attached hydrogen (secondary N) is 1. The zero-order valence-corrected chi connectivity index (χ0v) is 15.6. The van der Waals surface area contributed by atoms with Crippen molar-refractivity contribution in [2.24, 2.45) is 0 Å². The fourth-order valence-electron chi connectivity index (χ4n) is 3.48. The average molecular weight is 360 g/mol. The van der Waals surface area contributed by atoms with Crippen molar-refractivity contribution >= 4 is 10.0 Å². The van der Waals surface area contributed by atoms with Crippen molar-refractivity contribution in [2.75, 3.05) is 26.2 Å². The van der Waals surface area contributed by atoms with Crippen LogP contribution in [0.2, 0.25) is 0 Å². The highest BCUT2D eigenvalue weighted by Gasteiger charge is 2.31. The maximum atomic E-state index is 12.7. The van der Waals surface area contributed by atoms with Gasteiger partial charge in [-0.15, -0.1) is 0 Å². The Balaban J connectivity index is 1.53. The lowest BCUT2D eigenvalue weighted by molar-refractivity contribution is -0.927. The van der Waals surface area contributed by atoms with Crippen molar-refractivity contribution in [1.29, 1.82) is 0 Å². The van der Waals surface area contributed by atoms with E-state index in [0.29, 0.717) is 24.0 Å². The summed E-state index contributed by atoms with van der Waals surface area (Å²) in [6, 6.07) is 19.9. The van der Waals surface area contributed by atoms with Crippen molar-refractivity contribution in [1.82, 2.24) is 4.31 Å². The van der Waals surface area contributed by atoms with Crippen molar-refractivity contribution in [3.63, 3.8) is 0 Å². The van der Waals surface area contributed by atoms with E-state index in [0.717, 1.165) is 25.9 Å². The molecule has 1 fully saturated rings. The van der Waals surface area contributed by atoms with E-state index in [9.17, 15) is 8.42 Å². The van der Waals surface area contributed by atoms with Crippen LogP contribution < -0.4 is 4.90 Å². The van der Waals surface area contributed by atoms with Gasteiger partial charge in [-0.25, -0.2) is 8.42 Å². The quantitative estimate of drug-likeness (QED) is 0.851. The maximum absolute atomic E-state index is 12.7. The molecule has 2 aromatic carbocycles. The maximum Gasteiger partial charge on any atom is 0.243 e. The van der Waals surface area contributed by atoms with E-state index in [-0.39, 0.29) is 0 Å². The van der Waals surface area contributed by atoms with Crippen molar-refractivity contribution in [2.45, 2.75) is 30.7 Å². The van der Waals surface area contributed by atoms with E-state index < -0.39 is 10.0 Å². The van der Waals surface area contributed by atoms with Gasteiger partial charge >= 0.3 is 0 Å². The summed E-state index contributed by atoms with van der Waals surface area (Å²) >= 11 is 0. The van der Waals surface area contributed by atoms with Crippen LogP contribution in [0.1, 0.15) is 18.9 Å². The van der Waals surface area contributed by atoms with Crippen LogP contribution in [0.4, 0.5) is 0 Å². The molecule has 0 saturated carbocycles. The molecule has 0 unspecified atom stereocenters. The molecule has 3 rings (SSSR count). The van der Waals surface area contributed by atoms with Crippen molar-refractivity contribution in [3.8, 4) is 0 Å². The molecule has 134 valence electrons. The minimum Gasteiger partial charge on any atom is -0.331 e. The van der Waals surface area contributed by atoms with E-state index in [4.69, 9.17) is 0 Å². The first-order valence-corrected chi connectivity index (χ1v) is 10.4. The molecule has 0 bridgehead atoms. The van der Waals surface area contributed by atoms with Gasteiger partial charge in [-0.1, -0.05) is 48.5 Å². The molecule has 1 atom stereocenters. The highest BCUT2D eigenvalue weighted by Crippen LogP contribution is 2.15. The lowest BCUT2D eigenvalue weighted by Crippen LogP contribution is -3.18. The Hall–Kier alpha value is -1.69. The van der Waals surface area contributed by atoms with Crippen LogP contribution in [0.5, 0.6) is 0 Å². The van der Waals surface area contributed by atoms with Gasteiger partial charge < -0.3 is 4.90 Å². The minimum absolute atomic E-state index is 0.399. The molecule has 0 radical (unpaired) electrons. The molecule has 0 aromatic heterocycles. The van der Waals surface area contributed by atoms with Crippen LogP contribution in [0.3, 0.4) is 0 Å². The lowest BCUT2D eigenvalue weighted by atomic mass is 10.0. The number of hydrogen-bond donors (Lipinski definition) is 1. The fraction of sp³-hybridized carbons (Fsp3) is 0.400. The molecule has 5 heteroatoms. The molecule has 0 aliphatic carbocycles. The van der Waals surface area contributed by atoms with Gasteiger partial charge in [0.2, 0.25) is 10.0 Å². The molecule has 1 heterocycles. The molecule has 1 N–H and O–H groups in total. The van der Waals surface area contributed by atoms with Gasteiger partial charge in [0.1, 0.15) is 0 Å². The molecule has 2 aromatic rings. The van der Waals surface area contributed by atoms with Gasteiger partial charge in [-0.3, -0.25) is 0 Å². The van der Waals surface area contributed by atoms with Crippen LogP contribution in [-0.4, -0.2) is 44.9 Å². The summed E-state index contributed by atoms with van der Waals surface area (Å²) in [4.78, 5) is 1.91. The van der Waals surface area contributed by atoms with Gasteiger partial charge in [0, 0.05) is 6.42 Å². The zero-order chi connectivity index (χ0) is 17.7. The Labute approximate surface area is 151 Å². The highest BCUT2D eigenvalue weighted by molar-refractivity contribution is 7.89. The van der Waals surface area contributed by atoms with E-state index in [1.54, 1.807) is 28.6 Å².